The maximum absolute atomic E-state index is 11.9. The number of carbonyl (C=O) groups excluding carboxylic acids is 1. The molecule has 2 rings (SSSR count). The number of rotatable bonds is 4. The first kappa shape index (κ1) is 14.0. The molecule has 4 nitrogen and oxygen atoms in total. The average Bonchev–Trinajstić information content (AvgIpc) is 2.38. The van der Waals surface area contributed by atoms with Gasteiger partial charge in [0, 0.05) is 24.4 Å². The standard InChI is InChI=1S/C15H22N2O2/c1-12-4-3-5-13(10-12)17-14(18)11-16-15(2)6-8-19-9-7-15/h3-5,10,16H,6-9,11H2,1-2H3,(H,17,18). The van der Waals surface area contributed by atoms with E-state index in [1.807, 2.05) is 31.2 Å². The molecule has 0 unspecified atom stereocenters. The molecule has 0 saturated carbocycles. The molecular weight excluding hydrogens is 240 g/mol. The molecule has 2 N–H and O–H groups in total. The van der Waals surface area contributed by atoms with Crippen molar-refractivity contribution in [2.45, 2.75) is 32.2 Å². The van der Waals surface area contributed by atoms with Gasteiger partial charge in [-0.05, 0) is 44.4 Å². The molecule has 1 aromatic carbocycles. The minimum absolute atomic E-state index is 0.00156. The van der Waals surface area contributed by atoms with Gasteiger partial charge in [-0.25, -0.2) is 0 Å². The maximum Gasteiger partial charge on any atom is 0.238 e. The smallest absolute Gasteiger partial charge is 0.238 e. The lowest BCUT2D eigenvalue weighted by Crippen LogP contribution is -2.49. The van der Waals surface area contributed by atoms with Crippen molar-refractivity contribution in [3.05, 3.63) is 29.8 Å². The van der Waals surface area contributed by atoms with E-state index in [0.717, 1.165) is 37.3 Å². The van der Waals surface area contributed by atoms with Gasteiger partial charge in [0.25, 0.3) is 0 Å². The molecule has 0 spiro atoms. The highest BCUT2D eigenvalue weighted by molar-refractivity contribution is 5.92. The Bertz CT molecular complexity index is 440. The van der Waals surface area contributed by atoms with Gasteiger partial charge in [0.1, 0.15) is 0 Å². The van der Waals surface area contributed by atoms with Gasteiger partial charge < -0.3 is 15.4 Å². The van der Waals surface area contributed by atoms with Crippen molar-refractivity contribution in [3.63, 3.8) is 0 Å². The number of hydrogen-bond donors (Lipinski definition) is 2. The zero-order valence-corrected chi connectivity index (χ0v) is 11.7. The van der Waals surface area contributed by atoms with Crippen molar-refractivity contribution < 1.29 is 9.53 Å². The van der Waals surface area contributed by atoms with Crippen LogP contribution < -0.4 is 10.6 Å². The van der Waals surface area contributed by atoms with Crippen molar-refractivity contribution in [1.82, 2.24) is 5.32 Å². The summed E-state index contributed by atoms with van der Waals surface area (Å²) in [5.74, 6) is -0.00156. The minimum atomic E-state index is -0.00156. The van der Waals surface area contributed by atoms with Crippen LogP contribution in [0.5, 0.6) is 0 Å². The Hall–Kier alpha value is -1.39. The lowest BCUT2D eigenvalue weighted by molar-refractivity contribution is -0.116. The van der Waals surface area contributed by atoms with Crippen molar-refractivity contribution in [3.8, 4) is 0 Å². The van der Waals surface area contributed by atoms with Crippen LogP contribution >= 0.6 is 0 Å². The van der Waals surface area contributed by atoms with Crippen molar-refractivity contribution >= 4 is 11.6 Å². The highest BCUT2D eigenvalue weighted by Gasteiger charge is 2.27. The van der Waals surface area contributed by atoms with Gasteiger partial charge in [0.15, 0.2) is 0 Å². The summed E-state index contributed by atoms with van der Waals surface area (Å²) >= 11 is 0. The average molecular weight is 262 g/mol. The van der Waals surface area contributed by atoms with E-state index in [0.29, 0.717) is 6.54 Å². The molecular formula is C15H22N2O2. The summed E-state index contributed by atoms with van der Waals surface area (Å²) in [4.78, 5) is 11.9. The highest BCUT2D eigenvalue weighted by Crippen LogP contribution is 2.19. The summed E-state index contributed by atoms with van der Waals surface area (Å²) < 4.78 is 5.34. The summed E-state index contributed by atoms with van der Waals surface area (Å²) in [6, 6.07) is 7.82. The first-order valence-corrected chi connectivity index (χ1v) is 6.77. The van der Waals surface area contributed by atoms with Gasteiger partial charge in [-0.2, -0.15) is 0 Å². The zero-order chi connectivity index (χ0) is 13.7. The predicted molar refractivity (Wildman–Crippen MR) is 76.3 cm³/mol. The van der Waals surface area contributed by atoms with E-state index in [9.17, 15) is 4.79 Å². The van der Waals surface area contributed by atoms with Gasteiger partial charge in [-0.3, -0.25) is 4.79 Å². The van der Waals surface area contributed by atoms with Gasteiger partial charge in [0.2, 0.25) is 5.91 Å². The zero-order valence-electron chi connectivity index (χ0n) is 11.7. The number of benzene rings is 1. The number of ether oxygens (including phenoxy) is 1. The quantitative estimate of drug-likeness (QED) is 0.873. The molecule has 4 heteroatoms. The Labute approximate surface area is 114 Å². The second-order valence-corrected chi connectivity index (χ2v) is 5.44. The molecule has 0 atom stereocenters. The molecule has 1 aliphatic rings. The van der Waals surface area contributed by atoms with Crippen molar-refractivity contribution in [2.24, 2.45) is 0 Å². The first-order chi connectivity index (χ1) is 9.07. The van der Waals surface area contributed by atoms with Crippen LogP contribution in [0, 0.1) is 6.92 Å². The number of carbonyl (C=O) groups is 1. The molecule has 1 aromatic rings. The predicted octanol–water partition coefficient (Wildman–Crippen LogP) is 2.09. The monoisotopic (exact) mass is 262 g/mol. The largest absolute Gasteiger partial charge is 0.381 e. The lowest BCUT2D eigenvalue weighted by Gasteiger charge is -2.34. The molecule has 1 amide bonds. The molecule has 1 fully saturated rings. The third-order valence-electron chi connectivity index (χ3n) is 3.57. The second-order valence-electron chi connectivity index (χ2n) is 5.44. The summed E-state index contributed by atoms with van der Waals surface area (Å²) in [5.41, 5.74) is 2.01. The fraction of sp³-hybridized carbons (Fsp3) is 0.533. The van der Waals surface area contributed by atoms with Crippen LogP contribution in [-0.4, -0.2) is 31.2 Å². The summed E-state index contributed by atoms with van der Waals surface area (Å²) in [6.07, 6.45) is 1.90. The Morgan fingerprint density at radius 2 is 2.11 bits per heavy atom. The van der Waals surface area contributed by atoms with Crippen LogP contribution in [0.3, 0.4) is 0 Å². The number of aryl methyl sites for hydroxylation is 1. The molecule has 104 valence electrons. The SMILES string of the molecule is Cc1cccc(NC(=O)CNC2(C)CCOCC2)c1. The molecule has 19 heavy (non-hydrogen) atoms. The van der Waals surface area contributed by atoms with Crippen molar-refractivity contribution in [1.29, 1.82) is 0 Å². The summed E-state index contributed by atoms with van der Waals surface area (Å²) in [6.45, 7) is 6.03. The third kappa shape index (κ3) is 4.33. The molecule has 1 saturated heterocycles. The Morgan fingerprint density at radius 3 is 2.79 bits per heavy atom. The van der Waals surface area contributed by atoms with Crippen LogP contribution in [-0.2, 0) is 9.53 Å². The molecule has 1 heterocycles. The van der Waals surface area contributed by atoms with E-state index in [4.69, 9.17) is 4.74 Å². The fourth-order valence-corrected chi connectivity index (χ4v) is 2.22. The van der Waals surface area contributed by atoms with E-state index in [1.165, 1.54) is 0 Å². The summed E-state index contributed by atoms with van der Waals surface area (Å²) in [7, 11) is 0. The highest BCUT2D eigenvalue weighted by atomic mass is 16.5. The lowest BCUT2D eigenvalue weighted by atomic mass is 9.92. The Kier molecular flexibility index (Phi) is 4.56. The fourth-order valence-electron chi connectivity index (χ4n) is 2.22. The van der Waals surface area contributed by atoms with E-state index in [-0.39, 0.29) is 11.4 Å². The minimum Gasteiger partial charge on any atom is -0.381 e. The van der Waals surface area contributed by atoms with E-state index in [1.54, 1.807) is 0 Å². The van der Waals surface area contributed by atoms with Gasteiger partial charge in [0.05, 0.1) is 6.54 Å². The van der Waals surface area contributed by atoms with Crippen LogP contribution in [0.25, 0.3) is 0 Å². The number of anilines is 1. The normalized spacial score (nSPS) is 18.0. The van der Waals surface area contributed by atoms with Crippen LogP contribution in [0.4, 0.5) is 5.69 Å². The second kappa shape index (κ2) is 6.17. The van der Waals surface area contributed by atoms with Crippen LogP contribution in [0.1, 0.15) is 25.3 Å². The summed E-state index contributed by atoms with van der Waals surface area (Å²) in [5, 5.41) is 6.25. The van der Waals surface area contributed by atoms with E-state index >= 15 is 0 Å². The number of amides is 1. The van der Waals surface area contributed by atoms with E-state index in [2.05, 4.69) is 17.6 Å². The molecule has 0 aliphatic carbocycles. The van der Waals surface area contributed by atoms with Gasteiger partial charge in [-0.15, -0.1) is 0 Å². The molecule has 0 radical (unpaired) electrons. The van der Waals surface area contributed by atoms with Crippen molar-refractivity contribution in [2.75, 3.05) is 25.1 Å². The Morgan fingerprint density at radius 1 is 1.37 bits per heavy atom. The van der Waals surface area contributed by atoms with Crippen LogP contribution in [0.15, 0.2) is 24.3 Å². The van der Waals surface area contributed by atoms with E-state index < -0.39 is 0 Å². The maximum atomic E-state index is 11.9. The third-order valence-corrected chi connectivity index (χ3v) is 3.57. The molecule has 0 bridgehead atoms. The van der Waals surface area contributed by atoms with Crippen LogP contribution in [0.2, 0.25) is 0 Å². The first-order valence-electron chi connectivity index (χ1n) is 6.77. The molecule has 1 aliphatic heterocycles. The Balaban J connectivity index is 1.81. The number of nitrogens with one attached hydrogen (secondary N) is 2. The number of hydrogen-bond acceptors (Lipinski definition) is 3. The molecule has 0 aromatic heterocycles. The van der Waals surface area contributed by atoms with Gasteiger partial charge >= 0.3 is 0 Å². The van der Waals surface area contributed by atoms with Gasteiger partial charge in [-0.1, -0.05) is 12.1 Å². The topological polar surface area (TPSA) is 50.4 Å².